The van der Waals surface area contributed by atoms with Gasteiger partial charge in [0, 0.05) is 0 Å². The number of rotatable bonds is 9. The summed E-state index contributed by atoms with van der Waals surface area (Å²) in [5.74, 6) is 0. The van der Waals surface area contributed by atoms with Crippen LogP contribution in [0.4, 0.5) is 0 Å². The summed E-state index contributed by atoms with van der Waals surface area (Å²) in [6.45, 7) is 50.1. The van der Waals surface area contributed by atoms with Gasteiger partial charge in [-0.15, -0.1) is 83.2 Å². The molecule has 12 aromatic rings. The number of hydrogen-bond acceptors (Lipinski definition) is 0. The standard InChI is InChI=1S/2C17H19P3.C16H16P2.C16H15P.12C2H6/c18-8-11-1-4-16-12(5-11)2-3-13-6-14(9-19)15(10-20)7-17(13)16;18-8-11-1-3-15-13(5-11)2-4-16-14(10-20)6-12(9-19)7-17(15)16;17-9-11-1-5-15-13(7-11)3-4-14-8-12(10-18)2-6-16(14)15;1-11-2-6-15-13(8-11)4-5-14-9-12(10-17)3-7-16(14)15;12*1-2/h2*1-7H,8-10,18-20H2;1-8H,9-10,17-18H2;2-9H,10,17H2,1H3;12*1-2H3. The first-order valence-electron chi connectivity index (χ1n) is 37.7. The van der Waals surface area contributed by atoms with Gasteiger partial charge in [-0.3, -0.25) is 0 Å². The molecule has 0 nitrogen and oxygen atoms in total. The van der Waals surface area contributed by atoms with E-state index in [1.807, 2.05) is 166 Å². The average molecular weight is 1500 g/mol. The third-order valence-corrected chi connectivity index (χ3v) is 18.6. The molecule has 0 heterocycles. The van der Waals surface area contributed by atoms with Crippen LogP contribution in [0.3, 0.4) is 0 Å². The van der Waals surface area contributed by atoms with Crippen LogP contribution in [-0.4, -0.2) is 0 Å². The lowest BCUT2D eigenvalue weighted by molar-refractivity contribution is 1.30. The molecule has 9 unspecified atom stereocenters. The van der Waals surface area contributed by atoms with E-state index in [4.69, 9.17) is 0 Å². The topological polar surface area (TPSA) is 0 Å². The molecule has 0 radical (unpaired) electrons. The number of hydrogen-bond donors (Lipinski definition) is 0. The summed E-state index contributed by atoms with van der Waals surface area (Å²) < 4.78 is 0. The molecule has 0 saturated carbocycles. The van der Waals surface area contributed by atoms with Crippen molar-refractivity contribution in [2.45, 2.75) is 229 Å². The maximum absolute atomic E-state index is 2.85. The molecule has 0 spiro atoms. The third kappa shape index (κ3) is 31.4. The van der Waals surface area contributed by atoms with Crippen molar-refractivity contribution in [1.82, 2.24) is 0 Å². The van der Waals surface area contributed by atoms with Crippen molar-refractivity contribution >= 4 is 169 Å². The summed E-state index contributed by atoms with van der Waals surface area (Å²) in [6.07, 6.45) is 9.11. The molecule has 12 aromatic carbocycles. The second-order valence-corrected chi connectivity index (χ2v) is 23.0. The van der Waals surface area contributed by atoms with Gasteiger partial charge < -0.3 is 0 Å². The fraction of sp³-hybridized carbons (Fsp3) is 0.378. The molecule has 0 amide bonds. The monoisotopic (exact) mass is 1500 g/mol. The lowest BCUT2D eigenvalue weighted by Crippen LogP contribution is -1.90. The summed E-state index contributed by atoms with van der Waals surface area (Å²) in [4.78, 5) is 0. The first kappa shape index (κ1) is 102. The van der Waals surface area contributed by atoms with E-state index >= 15 is 0 Å². The summed E-state index contributed by atoms with van der Waals surface area (Å²) in [7, 11) is 25.3. The van der Waals surface area contributed by atoms with Crippen molar-refractivity contribution in [3.05, 3.63) is 238 Å². The van der Waals surface area contributed by atoms with Gasteiger partial charge in [-0.25, -0.2) is 0 Å². The molecule has 0 saturated heterocycles. The van der Waals surface area contributed by atoms with E-state index in [2.05, 4.69) is 272 Å². The van der Waals surface area contributed by atoms with Crippen LogP contribution in [0.25, 0.3) is 86.2 Å². The van der Waals surface area contributed by atoms with Crippen molar-refractivity contribution in [3.63, 3.8) is 0 Å². The summed E-state index contributed by atoms with van der Waals surface area (Å²) in [6, 6.07) is 67.8. The van der Waals surface area contributed by atoms with Crippen molar-refractivity contribution in [3.8, 4) is 0 Å². The van der Waals surface area contributed by atoms with Gasteiger partial charge in [0.25, 0.3) is 0 Å². The van der Waals surface area contributed by atoms with Crippen LogP contribution in [0.15, 0.2) is 182 Å². The zero-order chi connectivity index (χ0) is 76.6. The highest BCUT2D eigenvalue weighted by Crippen LogP contribution is 2.35. The Morgan fingerprint density at radius 2 is 0.384 bits per heavy atom. The zero-order valence-electron chi connectivity index (χ0n) is 66.9. The summed E-state index contributed by atoms with van der Waals surface area (Å²) in [5, 5.41) is 21.6. The molecule has 546 valence electrons. The van der Waals surface area contributed by atoms with Gasteiger partial charge in [-0.05, 0) is 205 Å². The highest BCUT2D eigenvalue weighted by molar-refractivity contribution is 7.17. The largest absolute Gasteiger partial charge is 0.133 e. The number of benzene rings is 12. The van der Waals surface area contributed by atoms with Gasteiger partial charge in [-0.1, -0.05) is 348 Å². The average Bonchev–Trinajstić information content (AvgIpc) is 0.804. The normalized spacial score (nSPS) is 9.27. The molecule has 0 fully saturated rings. The van der Waals surface area contributed by atoms with Crippen LogP contribution in [0.1, 0.15) is 222 Å². The van der Waals surface area contributed by atoms with Crippen LogP contribution in [0.2, 0.25) is 0 Å². The van der Waals surface area contributed by atoms with Gasteiger partial charge in [0.05, 0.1) is 0 Å². The molecular formula is C90H141P9. The molecule has 0 aliphatic carbocycles. The summed E-state index contributed by atoms with van der Waals surface area (Å²) >= 11 is 0. The molecular weight excluding hydrogens is 1360 g/mol. The first-order chi connectivity index (χ1) is 48.6. The first-order valence-corrected chi connectivity index (χ1v) is 45.1. The van der Waals surface area contributed by atoms with E-state index in [9.17, 15) is 0 Å². The zero-order valence-corrected chi connectivity index (χ0v) is 77.3. The molecule has 9 atom stereocenters. The Bertz CT molecular complexity index is 3960. The Morgan fingerprint density at radius 1 is 0.162 bits per heavy atom. The maximum atomic E-state index is 2.85. The van der Waals surface area contributed by atoms with Gasteiger partial charge in [-0.2, -0.15) is 0 Å². The molecule has 0 aliphatic rings. The Hall–Kier alpha value is -3.41. The Labute approximate surface area is 631 Å². The quantitative estimate of drug-likeness (QED) is 0.0998. The molecule has 9 heteroatoms. The Kier molecular flexibility index (Phi) is 66.1. The van der Waals surface area contributed by atoms with Gasteiger partial charge >= 0.3 is 0 Å². The van der Waals surface area contributed by atoms with E-state index in [0.29, 0.717) is 0 Å². The minimum Gasteiger partial charge on any atom is -0.133 e. The van der Waals surface area contributed by atoms with Crippen molar-refractivity contribution in [2.75, 3.05) is 0 Å². The molecule has 0 aliphatic heterocycles. The predicted molar refractivity (Wildman–Crippen MR) is 507 cm³/mol. The van der Waals surface area contributed by atoms with Crippen molar-refractivity contribution < 1.29 is 0 Å². The highest BCUT2D eigenvalue weighted by atomic mass is 31.0. The van der Waals surface area contributed by atoms with E-state index in [-0.39, 0.29) is 0 Å². The van der Waals surface area contributed by atoms with Gasteiger partial charge in [0.2, 0.25) is 0 Å². The summed E-state index contributed by atoms with van der Waals surface area (Å²) in [5.41, 5.74) is 13.8. The predicted octanol–water partition coefficient (Wildman–Crippen LogP) is 32.0. The highest BCUT2D eigenvalue weighted by Gasteiger charge is 2.10. The second kappa shape index (κ2) is 64.2. The van der Waals surface area contributed by atoms with Crippen LogP contribution in [0.5, 0.6) is 0 Å². The smallest absolute Gasteiger partial charge is 0.00996 e. The van der Waals surface area contributed by atoms with Gasteiger partial charge in [0.1, 0.15) is 0 Å². The van der Waals surface area contributed by atoms with E-state index in [0.717, 1.165) is 55.5 Å². The molecule has 0 bridgehead atoms. The SMILES string of the molecule is CC.CC.CC.CC.CC.CC.CC.CC.CC.CC.CC.CC.Cc1ccc2c(ccc3cc(CP)ccc32)c1.PCc1ccc2c(ccc3c(CP)cc(CP)cc32)c1.PCc1ccc2c(ccc3cc(CP)c(CP)cc32)c1.PCc1ccc2c(ccc3cc(CP)ccc32)c1. The van der Waals surface area contributed by atoms with Crippen LogP contribution in [-0.2, 0) is 55.5 Å². The molecule has 0 N–H and O–H groups in total. The van der Waals surface area contributed by atoms with E-state index in [1.165, 1.54) is 142 Å². The minimum absolute atomic E-state index is 1.00. The van der Waals surface area contributed by atoms with Crippen molar-refractivity contribution in [1.29, 1.82) is 0 Å². The minimum atomic E-state index is 1.00. The van der Waals surface area contributed by atoms with E-state index in [1.54, 1.807) is 0 Å². The van der Waals surface area contributed by atoms with Crippen LogP contribution >= 0.6 is 83.2 Å². The number of fused-ring (bicyclic) bond motifs is 12. The molecule has 0 aromatic heterocycles. The van der Waals surface area contributed by atoms with Crippen LogP contribution < -0.4 is 0 Å². The van der Waals surface area contributed by atoms with Crippen molar-refractivity contribution in [2.24, 2.45) is 0 Å². The number of aryl methyl sites for hydroxylation is 1. The molecule has 12 rings (SSSR count). The Morgan fingerprint density at radius 3 is 0.667 bits per heavy atom. The van der Waals surface area contributed by atoms with Crippen LogP contribution in [0, 0.1) is 6.92 Å². The molecule has 99 heavy (non-hydrogen) atoms. The third-order valence-electron chi connectivity index (χ3n) is 14.5. The van der Waals surface area contributed by atoms with Gasteiger partial charge in [0.15, 0.2) is 0 Å². The lowest BCUT2D eigenvalue weighted by atomic mass is 9.96. The Balaban J connectivity index is -0.000000551. The fourth-order valence-corrected chi connectivity index (χ4v) is 12.9. The lowest BCUT2D eigenvalue weighted by Gasteiger charge is -2.11. The van der Waals surface area contributed by atoms with E-state index < -0.39 is 0 Å². The second-order valence-electron chi connectivity index (χ2n) is 19.3. The fourth-order valence-electron chi connectivity index (χ4n) is 10.3. The maximum Gasteiger partial charge on any atom is -0.00996 e.